The standard InChI is InChI=1S/C10H10F2O3S/c11-7-2-1-3-8(12)9(7)10(13)4-5-16(14,15)6-10/h1-3,13H,4-6H2. The molecule has 0 bridgehead atoms. The van der Waals surface area contributed by atoms with Crippen LogP contribution in [0.3, 0.4) is 0 Å². The van der Waals surface area contributed by atoms with Gasteiger partial charge in [-0.1, -0.05) is 6.07 Å². The molecule has 0 spiro atoms. The molecule has 0 aliphatic carbocycles. The monoisotopic (exact) mass is 248 g/mol. The first-order valence-corrected chi connectivity index (χ1v) is 6.53. The van der Waals surface area contributed by atoms with Crippen molar-refractivity contribution in [3.63, 3.8) is 0 Å². The number of hydrogen-bond donors (Lipinski definition) is 1. The minimum atomic E-state index is -3.42. The van der Waals surface area contributed by atoms with Crippen LogP contribution in [0, 0.1) is 11.6 Å². The molecule has 0 saturated carbocycles. The van der Waals surface area contributed by atoms with Crippen LogP contribution >= 0.6 is 0 Å². The number of sulfone groups is 1. The summed E-state index contributed by atoms with van der Waals surface area (Å²) in [6.45, 7) is 0. The summed E-state index contributed by atoms with van der Waals surface area (Å²) in [4.78, 5) is 0. The zero-order chi connectivity index (χ0) is 12.0. The molecule has 0 aromatic heterocycles. The smallest absolute Gasteiger partial charge is 0.153 e. The number of aliphatic hydroxyl groups is 1. The van der Waals surface area contributed by atoms with E-state index in [4.69, 9.17) is 0 Å². The van der Waals surface area contributed by atoms with Crippen LogP contribution in [0.2, 0.25) is 0 Å². The van der Waals surface area contributed by atoms with Crippen molar-refractivity contribution < 1.29 is 22.3 Å². The normalized spacial score (nSPS) is 28.2. The average Bonchev–Trinajstić information content (AvgIpc) is 2.41. The Morgan fingerprint density at radius 2 is 1.81 bits per heavy atom. The van der Waals surface area contributed by atoms with Crippen molar-refractivity contribution in [2.24, 2.45) is 0 Å². The zero-order valence-electron chi connectivity index (χ0n) is 8.28. The van der Waals surface area contributed by atoms with Crippen LogP contribution in [-0.4, -0.2) is 25.0 Å². The molecule has 1 unspecified atom stereocenters. The maximum absolute atomic E-state index is 13.4. The molecule has 1 N–H and O–H groups in total. The van der Waals surface area contributed by atoms with Crippen molar-refractivity contribution in [3.05, 3.63) is 35.4 Å². The lowest BCUT2D eigenvalue weighted by Gasteiger charge is -2.22. The largest absolute Gasteiger partial charge is 0.384 e. The third kappa shape index (κ3) is 1.82. The van der Waals surface area contributed by atoms with Gasteiger partial charge in [-0.2, -0.15) is 0 Å². The van der Waals surface area contributed by atoms with E-state index < -0.39 is 38.4 Å². The second kappa shape index (κ2) is 3.49. The van der Waals surface area contributed by atoms with E-state index in [1.807, 2.05) is 0 Å². The highest BCUT2D eigenvalue weighted by molar-refractivity contribution is 7.91. The molecular formula is C10H10F2O3S. The Labute approximate surface area is 91.6 Å². The molecule has 1 fully saturated rings. The van der Waals surface area contributed by atoms with E-state index in [1.54, 1.807) is 0 Å². The molecule has 3 nitrogen and oxygen atoms in total. The SMILES string of the molecule is O=S1(=O)CCC(O)(c2c(F)cccc2F)C1. The van der Waals surface area contributed by atoms with E-state index in [2.05, 4.69) is 0 Å². The zero-order valence-corrected chi connectivity index (χ0v) is 9.10. The highest BCUT2D eigenvalue weighted by Gasteiger charge is 2.45. The molecule has 2 rings (SSSR count). The highest BCUT2D eigenvalue weighted by atomic mass is 32.2. The summed E-state index contributed by atoms with van der Waals surface area (Å²) in [5, 5.41) is 10.0. The van der Waals surface area contributed by atoms with Crippen LogP contribution < -0.4 is 0 Å². The van der Waals surface area contributed by atoms with Gasteiger partial charge in [0, 0.05) is 0 Å². The van der Waals surface area contributed by atoms with Gasteiger partial charge in [0.1, 0.15) is 17.2 Å². The van der Waals surface area contributed by atoms with Gasteiger partial charge in [0.05, 0.1) is 17.1 Å². The van der Waals surface area contributed by atoms with E-state index in [-0.39, 0.29) is 12.2 Å². The fourth-order valence-corrected chi connectivity index (χ4v) is 3.78. The first-order chi connectivity index (χ1) is 7.34. The molecule has 16 heavy (non-hydrogen) atoms. The van der Waals surface area contributed by atoms with Gasteiger partial charge >= 0.3 is 0 Å². The first-order valence-electron chi connectivity index (χ1n) is 4.71. The van der Waals surface area contributed by atoms with E-state index in [1.165, 1.54) is 6.07 Å². The summed E-state index contributed by atoms with van der Waals surface area (Å²) < 4.78 is 49.3. The second-order valence-electron chi connectivity index (χ2n) is 3.97. The molecule has 6 heteroatoms. The Kier molecular flexibility index (Phi) is 2.51. The van der Waals surface area contributed by atoms with Crippen molar-refractivity contribution in [1.29, 1.82) is 0 Å². The van der Waals surface area contributed by atoms with Gasteiger partial charge in [0.2, 0.25) is 0 Å². The topological polar surface area (TPSA) is 54.4 Å². The number of rotatable bonds is 1. The van der Waals surface area contributed by atoms with Gasteiger partial charge in [0.15, 0.2) is 9.84 Å². The first kappa shape index (κ1) is 11.5. The highest BCUT2D eigenvalue weighted by Crippen LogP contribution is 2.36. The molecule has 1 saturated heterocycles. The van der Waals surface area contributed by atoms with Crippen LogP contribution in [-0.2, 0) is 15.4 Å². The van der Waals surface area contributed by atoms with Crippen LogP contribution in [0.25, 0.3) is 0 Å². The third-order valence-electron chi connectivity index (χ3n) is 2.71. The van der Waals surface area contributed by atoms with Crippen LogP contribution in [0.5, 0.6) is 0 Å². The van der Waals surface area contributed by atoms with Crippen molar-refractivity contribution in [2.75, 3.05) is 11.5 Å². The lowest BCUT2D eigenvalue weighted by molar-refractivity contribution is 0.0573. The summed E-state index contributed by atoms with van der Waals surface area (Å²) >= 11 is 0. The van der Waals surface area contributed by atoms with E-state index >= 15 is 0 Å². The summed E-state index contributed by atoms with van der Waals surface area (Å²) in [5.41, 5.74) is -2.48. The van der Waals surface area contributed by atoms with Gasteiger partial charge in [-0.15, -0.1) is 0 Å². The lowest BCUT2D eigenvalue weighted by atomic mass is 9.92. The molecule has 1 atom stereocenters. The molecule has 1 aromatic rings. The Balaban J connectivity index is 2.53. The molecule has 0 radical (unpaired) electrons. The van der Waals surface area contributed by atoms with Crippen molar-refractivity contribution in [3.8, 4) is 0 Å². The van der Waals surface area contributed by atoms with Crippen molar-refractivity contribution >= 4 is 9.84 Å². The molecule has 1 aliphatic heterocycles. The van der Waals surface area contributed by atoms with Crippen molar-refractivity contribution in [1.82, 2.24) is 0 Å². The molecule has 1 heterocycles. The minimum Gasteiger partial charge on any atom is -0.384 e. The summed E-state index contributed by atoms with van der Waals surface area (Å²) in [5.74, 6) is -2.71. The Bertz CT molecular complexity index is 507. The Morgan fingerprint density at radius 3 is 2.25 bits per heavy atom. The summed E-state index contributed by atoms with van der Waals surface area (Å²) in [7, 11) is -3.42. The quantitative estimate of drug-likeness (QED) is 0.805. The van der Waals surface area contributed by atoms with E-state index in [0.717, 1.165) is 12.1 Å². The summed E-state index contributed by atoms with van der Waals surface area (Å²) in [6, 6.07) is 3.17. The summed E-state index contributed by atoms with van der Waals surface area (Å²) in [6.07, 6.45) is -0.173. The third-order valence-corrected chi connectivity index (χ3v) is 4.46. The second-order valence-corrected chi connectivity index (χ2v) is 6.15. The molecule has 1 aliphatic rings. The van der Waals surface area contributed by atoms with Gasteiger partial charge < -0.3 is 5.11 Å². The maximum atomic E-state index is 13.4. The molecule has 88 valence electrons. The van der Waals surface area contributed by atoms with Gasteiger partial charge in [0.25, 0.3) is 0 Å². The van der Waals surface area contributed by atoms with Crippen LogP contribution in [0.1, 0.15) is 12.0 Å². The average molecular weight is 248 g/mol. The predicted molar refractivity (Wildman–Crippen MR) is 53.5 cm³/mol. The van der Waals surface area contributed by atoms with Gasteiger partial charge in [-0.25, -0.2) is 17.2 Å². The van der Waals surface area contributed by atoms with E-state index in [9.17, 15) is 22.3 Å². The van der Waals surface area contributed by atoms with E-state index in [0.29, 0.717) is 0 Å². The number of hydrogen-bond acceptors (Lipinski definition) is 3. The molecule has 1 aromatic carbocycles. The van der Waals surface area contributed by atoms with Crippen molar-refractivity contribution in [2.45, 2.75) is 12.0 Å². The predicted octanol–water partition coefficient (Wildman–Crippen LogP) is 0.971. The molecule has 0 amide bonds. The number of halogens is 2. The Hall–Kier alpha value is -1.01. The maximum Gasteiger partial charge on any atom is 0.153 e. The number of benzene rings is 1. The molecular weight excluding hydrogens is 238 g/mol. The fraction of sp³-hybridized carbons (Fsp3) is 0.400. The van der Waals surface area contributed by atoms with Crippen LogP contribution in [0.15, 0.2) is 18.2 Å². The van der Waals surface area contributed by atoms with Crippen LogP contribution in [0.4, 0.5) is 8.78 Å². The van der Waals surface area contributed by atoms with Gasteiger partial charge in [-0.05, 0) is 18.6 Å². The fourth-order valence-electron chi connectivity index (χ4n) is 1.97. The minimum absolute atomic E-state index is 0.173. The van der Waals surface area contributed by atoms with Gasteiger partial charge in [-0.3, -0.25) is 0 Å². The lowest BCUT2D eigenvalue weighted by Crippen LogP contribution is -2.29. The Morgan fingerprint density at radius 1 is 1.25 bits per heavy atom.